The highest BCUT2D eigenvalue weighted by atomic mass is 19.1. The molecule has 1 amide bonds. The van der Waals surface area contributed by atoms with Crippen LogP contribution in [0.1, 0.15) is 34.8 Å². The van der Waals surface area contributed by atoms with Crippen LogP contribution in [0.15, 0.2) is 54.6 Å². The first-order valence-electron chi connectivity index (χ1n) is 7.98. The van der Waals surface area contributed by atoms with Crippen molar-refractivity contribution in [3.8, 4) is 0 Å². The monoisotopic (exact) mass is 341 g/mol. The third-order valence-electron chi connectivity index (χ3n) is 3.50. The van der Waals surface area contributed by atoms with E-state index in [1.165, 1.54) is 13.0 Å². The lowest BCUT2D eigenvalue weighted by Gasteiger charge is -2.06. The van der Waals surface area contributed by atoms with Crippen LogP contribution in [-0.4, -0.2) is 18.4 Å². The Labute approximate surface area is 146 Å². The summed E-state index contributed by atoms with van der Waals surface area (Å²) in [5.74, 6) is -0.836. The van der Waals surface area contributed by atoms with Crippen LogP contribution in [0.4, 0.5) is 9.18 Å². The second-order valence-corrected chi connectivity index (χ2v) is 5.44. The Balaban J connectivity index is 1.74. The number of nitrogens with one attached hydrogen (secondary N) is 1. The molecule has 0 unspecified atom stereocenters. The molecule has 2 rings (SSSR count). The average Bonchev–Trinajstić information content (AvgIpc) is 2.61. The number of halogens is 1. The van der Waals surface area contributed by atoms with E-state index in [9.17, 15) is 14.0 Å². The van der Waals surface area contributed by atoms with E-state index in [1.807, 2.05) is 30.3 Å². The number of rotatable bonds is 7. The minimum absolute atomic E-state index is 0.0739. The molecule has 0 aliphatic rings. The molecule has 0 aromatic heterocycles. The van der Waals surface area contributed by atoms with E-state index in [2.05, 4.69) is 5.32 Å². The number of Topliss-reactive ketones (excluding diaryl/α,β-unsaturated/α-hetero) is 1. The largest absolute Gasteiger partial charge is 0.445 e. The Morgan fingerprint density at radius 2 is 1.88 bits per heavy atom. The molecule has 0 atom stereocenters. The first-order valence-corrected chi connectivity index (χ1v) is 7.98. The van der Waals surface area contributed by atoms with Crippen molar-refractivity contribution < 1.29 is 18.7 Å². The second-order valence-electron chi connectivity index (χ2n) is 5.44. The lowest BCUT2D eigenvalue weighted by Crippen LogP contribution is -2.24. The van der Waals surface area contributed by atoms with E-state index in [0.29, 0.717) is 18.5 Å². The lowest BCUT2D eigenvalue weighted by atomic mass is 10.1. The SMILES string of the molecule is CC(=O)c1cccc(C=CCCNC(=O)OCc2ccccc2)c1F. The maximum absolute atomic E-state index is 14.1. The molecule has 1 N–H and O–H groups in total. The number of carbonyl (C=O) groups is 2. The number of hydrogen-bond donors (Lipinski definition) is 1. The van der Waals surface area contributed by atoms with Gasteiger partial charge in [-0.15, -0.1) is 0 Å². The maximum Gasteiger partial charge on any atom is 0.407 e. The molecule has 0 aliphatic heterocycles. The first-order chi connectivity index (χ1) is 12.1. The summed E-state index contributed by atoms with van der Waals surface area (Å²) in [7, 11) is 0. The number of alkyl carbamates (subject to hydrolysis) is 1. The molecule has 0 radical (unpaired) electrons. The molecule has 4 nitrogen and oxygen atoms in total. The summed E-state index contributed by atoms with van der Waals surface area (Å²) in [4.78, 5) is 22.9. The van der Waals surface area contributed by atoms with Gasteiger partial charge in [-0.3, -0.25) is 4.79 Å². The van der Waals surface area contributed by atoms with E-state index in [-0.39, 0.29) is 18.0 Å². The van der Waals surface area contributed by atoms with Crippen LogP contribution in [0.25, 0.3) is 6.08 Å². The standard InChI is InChI=1S/C20H20FNO3/c1-15(23)18-12-7-11-17(19(18)21)10-5-6-13-22-20(24)25-14-16-8-3-2-4-9-16/h2-5,7-12H,6,13-14H2,1H3,(H,22,24). The third-order valence-corrected chi connectivity index (χ3v) is 3.50. The zero-order valence-electron chi connectivity index (χ0n) is 14.0. The Bertz CT molecular complexity index is 757. The predicted molar refractivity (Wildman–Crippen MR) is 94.7 cm³/mol. The summed E-state index contributed by atoms with van der Waals surface area (Å²) in [5, 5.41) is 2.62. The van der Waals surface area contributed by atoms with Crippen molar-refractivity contribution in [2.45, 2.75) is 20.0 Å². The van der Waals surface area contributed by atoms with E-state index in [1.54, 1.807) is 24.3 Å². The zero-order valence-corrected chi connectivity index (χ0v) is 14.0. The van der Waals surface area contributed by atoms with Crippen LogP contribution < -0.4 is 5.32 Å². The van der Waals surface area contributed by atoms with E-state index in [4.69, 9.17) is 4.74 Å². The van der Waals surface area contributed by atoms with Gasteiger partial charge in [0.25, 0.3) is 0 Å². The van der Waals surface area contributed by atoms with Crippen molar-refractivity contribution in [2.24, 2.45) is 0 Å². The first kappa shape index (κ1) is 18.4. The Morgan fingerprint density at radius 1 is 1.12 bits per heavy atom. The van der Waals surface area contributed by atoms with E-state index in [0.717, 1.165) is 5.56 Å². The quantitative estimate of drug-likeness (QED) is 0.601. The zero-order chi connectivity index (χ0) is 18.1. The number of ether oxygens (including phenoxy) is 1. The molecule has 2 aromatic rings. The summed E-state index contributed by atoms with van der Waals surface area (Å²) < 4.78 is 19.1. The molecule has 2 aromatic carbocycles. The van der Waals surface area contributed by atoms with Crippen molar-refractivity contribution in [3.05, 3.63) is 77.1 Å². The topological polar surface area (TPSA) is 55.4 Å². The minimum atomic E-state index is -0.526. The minimum Gasteiger partial charge on any atom is -0.445 e. The highest BCUT2D eigenvalue weighted by Gasteiger charge is 2.09. The van der Waals surface area contributed by atoms with E-state index < -0.39 is 11.9 Å². The molecule has 0 spiro atoms. The van der Waals surface area contributed by atoms with Crippen LogP contribution >= 0.6 is 0 Å². The molecule has 0 saturated heterocycles. The van der Waals surface area contributed by atoms with Crippen molar-refractivity contribution in [2.75, 3.05) is 6.54 Å². The normalized spacial score (nSPS) is 10.6. The number of ketones is 1. The molecule has 25 heavy (non-hydrogen) atoms. The molecule has 0 saturated carbocycles. The van der Waals surface area contributed by atoms with Crippen LogP contribution in [0.2, 0.25) is 0 Å². The van der Waals surface area contributed by atoms with Gasteiger partial charge in [-0.2, -0.15) is 0 Å². The number of carbonyl (C=O) groups excluding carboxylic acids is 2. The predicted octanol–water partition coefficient (Wildman–Crippen LogP) is 4.36. The van der Waals surface area contributed by atoms with Crippen molar-refractivity contribution in [1.82, 2.24) is 5.32 Å². The molecule has 0 fully saturated rings. The van der Waals surface area contributed by atoms with Crippen LogP contribution in [-0.2, 0) is 11.3 Å². The number of benzene rings is 2. The second kappa shape index (κ2) is 9.37. The molecule has 0 bridgehead atoms. The fourth-order valence-electron chi connectivity index (χ4n) is 2.19. The fourth-order valence-corrected chi connectivity index (χ4v) is 2.19. The smallest absolute Gasteiger partial charge is 0.407 e. The fraction of sp³-hybridized carbons (Fsp3) is 0.200. The summed E-state index contributed by atoms with van der Waals surface area (Å²) in [6.45, 7) is 1.92. The third kappa shape index (κ3) is 5.88. The van der Waals surface area contributed by atoms with Gasteiger partial charge in [-0.1, -0.05) is 54.6 Å². The van der Waals surface area contributed by atoms with Gasteiger partial charge in [-0.25, -0.2) is 9.18 Å². The van der Waals surface area contributed by atoms with Crippen molar-refractivity contribution >= 4 is 18.0 Å². The van der Waals surface area contributed by atoms with Gasteiger partial charge in [0.2, 0.25) is 0 Å². The average molecular weight is 341 g/mol. The summed E-state index contributed by atoms with van der Waals surface area (Å²) >= 11 is 0. The van der Waals surface area contributed by atoms with Gasteiger partial charge in [0.1, 0.15) is 12.4 Å². The Hall–Kier alpha value is -2.95. The highest BCUT2D eigenvalue weighted by Crippen LogP contribution is 2.15. The van der Waals surface area contributed by atoms with Gasteiger partial charge in [-0.05, 0) is 25.0 Å². The van der Waals surface area contributed by atoms with Gasteiger partial charge < -0.3 is 10.1 Å². The van der Waals surface area contributed by atoms with Gasteiger partial charge in [0.15, 0.2) is 5.78 Å². The highest BCUT2D eigenvalue weighted by molar-refractivity contribution is 5.94. The van der Waals surface area contributed by atoms with Gasteiger partial charge in [0.05, 0.1) is 5.56 Å². The molecule has 0 heterocycles. The summed E-state index contributed by atoms with van der Waals surface area (Å²) in [5.41, 5.74) is 1.34. The number of hydrogen-bond acceptors (Lipinski definition) is 3. The molecular weight excluding hydrogens is 321 g/mol. The Morgan fingerprint density at radius 3 is 2.60 bits per heavy atom. The lowest BCUT2D eigenvalue weighted by molar-refractivity contribution is 0.101. The molecule has 0 aliphatic carbocycles. The summed E-state index contributed by atoms with van der Waals surface area (Å²) in [6.07, 6.45) is 3.35. The molecule has 130 valence electrons. The molecule has 5 heteroatoms. The Kier molecular flexibility index (Phi) is 6.89. The van der Waals surface area contributed by atoms with Crippen LogP contribution in [0.5, 0.6) is 0 Å². The van der Waals surface area contributed by atoms with Crippen molar-refractivity contribution in [3.63, 3.8) is 0 Å². The number of amides is 1. The maximum atomic E-state index is 14.1. The van der Waals surface area contributed by atoms with Gasteiger partial charge >= 0.3 is 6.09 Å². The van der Waals surface area contributed by atoms with Crippen LogP contribution in [0.3, 0.4) is 0 Å². The van der Waals surface area contributed by atoms with Gasteiger partial charge in [0, 0.05) is 12.1 Å². The van der Waals surface area contributed by atoms with Crippen molar-refractivity contribution in [1.29, 1.82) is 0 Å². The summed E-state index contributed by atoms with van der Waals surface area (Å²) in [6, 6.07) is 14.1. The molecular formula is C20H20FNO3. The van der Waals surface area contributed by atoms with Crippen LogP contribution in [0, 0.1) is 5.82 Å². The van der Waals surface area contributed by atoms with E-state index >= 15 is 0 Å².